The third-order valence-electron chi connectivity index (χ3n) is 4.32. The zero-order valence-corrected chi connectivity index (χ0v) is 15.1. The Morgan fingerprint density at radius 2 is 1.93 bits per heavy atom. The summed E-state index contributed by atoms with van der Waals surface area (Å²) in [5, 5.41) is 9.21. The third kappa shape index (κ3) is 2.83. The summed E-state index contributed by atoms with van der Waals surface area (Å²) < 4.78 is 6.14. The van der Waals surface area contributed by atoms with Gasteiger partial charge in [0, 0.05) is 18.4 Å². The largest absolute Gasteiger partial charge is 0.464 e. The highest BCUT2D eigenvalue weighted by Crippen LogP contribution is 2.29. The molecule has 0 spiro atoms. The van der Waals surface area contributed by atoms with Crippen LogP contribution in [0.15, 0.2) is 24.4 Å². The quantitative estimate of drug-likeness (QED) is 0.653. The van der Waals surface area contributed by atoms with Gasteiger partial charge in [0.1, 0.15) is 6.07 Å². The number of nitrogens with two attached hydrogens (primary N) is 1. The molecule has 1 aromatic carbocycles. The van der Waals surface area contributed by atoms with Crippen molar-refractivity contribution >= 4 is 23.5 Å². The summed E-state index contributed by atoms with van der Waals surface area (Å²) in [6.07, 6.45) is 1.40. The van der Waals surface area contributed by atoms with Crippen molar-refractivity contribution in [3.8, 4) is 11.8 Å². The van der Waals surface area contributed by atoms with Gasteiger partial charge in [0.25, 0.3) is 11.8 Å². The van der Waals surface area contributed by atoms with Crippen molar-refractivity contribution in [1.29, 1.82) is 5.26 Å². The number of imide groups is 1. The number of hydrogen-bond acceptors (Lipinski definition) is 6. The van der Waals surface area contributed by atoms with Crippen LogP contribution in [0.3, 0.4) is 0 Å². The first-order chi connectivity index (χ1) is 12.8. The maximum atomic E-state index is 12.7. The number of nitriles is 1. The number of benzene rings is 1. The van der Waals surface area contributed by atoms with Crippen LogP contribution in [0.1, 0.15) is 50.6 Å². The predicted molar refractivity (Wildman–Crippen MR) is 96.4 cm³/mol. The molecule has 0 atom stereocenters. The highest BCUT2D eigenvalue weighted by atomic mass is 16.5. The van der Waals surface area contributed by atoms with Crippen LogP contribution in [-0.4, -0.2) is 40.9 Å². The summed E-state index contributed by atoms with van der Waals surface area (Å²) in [5.41, 5.74) is 6.98. The van der Waals surface area contributed by atoms with Crippen molar-refractivity contribution in [3.05, 3.63) is 46.8 Å². The van der Waals surface area contributed by atoms with E-state index < -0.39 is 5.97 Å². The Hall–Kier alpha value is -3.60. The summed E-state index contributed by atoms with van der Waals surface area (Å²) in [5.74, 6) is -1.29. The van der Waals surface area contributed by atoms with Crippen LogP contribution in [0.25, 0.3) is 5.69 Å². The number of rotatable bonds is 4. The summed E-state index contributed by atoms with van der Waals surface area (Å²) in [6.45, 7) is 4.16. The van der Waals surface area contributed by atoms with Crippen molar-refractivity contribution in [2.24, 2.45) is 5.92 Å². The Bertz CT molecular complexity index is 1010. The minimum atomic E-state index is -0.710. The van der Waals surface area contributed by atoms with Crippen LogP contribution in [0, 0.1) is 17.2 Å². The highest BCUT2D eigenvalue weighted by Gasteiger charge is 2.36. The Balaban J connectivity index is 2.12. The lowest BCUT2D eigenvalue weighted by Crippen LogP contribution is -2.33. The van der Waals surface area contributed by atoms with Crippen LogP contribution < -0.4 is 5.73 Å². The van der Waals surface area contributed by atoms with Crippen LogP contribution in [0.4, 0.5) is 5.69 Å². The standard InChI is InChI=1S/C19H18N4O4/c1-10(2)8-23-17(24)13-5-4-12(6-14(13)18(23)25)22-9-11(7-20)15(21)16(22)19(26)27-3/h4-6,9-10H,8,21H2,1-3H3. The molecule has 8 heteroatoms. The zero-order chi connectivity index (χ0) is 19.9. The van der Waals surface area contributed by atoms with E-state index in [1.54, 1.807) is 6.07 Å². The molecule has 2 aromatic rings. The maximum absolute atomic E-state index is 12.7. The van der Waals surface area contributed by atoms with Crippen LogP contribution in [0.5, 0.6) is 0 Å². The molecule has 138 valence electrons. The van der Waals surface area contributed by atoms with Crippen molar-refractivity contribution < 1.29 is 19.1 Å². The van der Waals surface area contributed by atoms with E-state index in [2.05, 4.69) is 0 Å². The Kier molecular flexibility index (Phi) is 4.45. The normalized spacial score (nSPS) is 13.1. The summed E-state index contributed by atoms with van der Waals surface area (Å²) in [6, 6.07) is 6.56. The number of aromatic nitrogens is 1. The van der Waals surface area contributed by atoms with E-state index in [-0.39, 0.29) is 40.2 Å². The number of methoxy groups -OCH3 is 1. The molecule has 0 saturated heterocycles. The summed E-state index contributed by atoms with van der Waals surface area (Å²) >= 11 is 0. The smallest absolute Gasteiger partial charge is 0.357 e. The molecule has 1 aliphatic rings. The first kappa shape index (κ1) is 18.2. The molecule has 0 fully saturated rings. The Morgan fingerprint density at radius 3 is 2.52 bits per heavy atom. The average Bonchev–Trinajstić information content (AvgIpc) is 3.10. The van der Waals surface area contributed by atoms with Gasteiger partial charge in [0.2, 0.25) is 0 Å². The van der Waals surface area contributed by atoms with Gasteiger partial charge in [-0.25, -0.2) is 4.79 Å². The van der Waals surface area contributed by atoms with Crippen molar-refractivity contribution in [2.75, 3.05) is 19.4 Å². The van der Waals surface area contributed by atoms with Crippen LogP contribution in [0.2, 0.25) is 0 Å². The molecule has 2 heterocycles. The zero-order valence-electron chi connectivity index (χ0n) is 15.1. The van der Waals surface area contributed by atoms with E-state index in [0.717, 1.165) is 0 Å². The predicted octanol–water partition coefficient (Wildman–Crippen LogP) is 1.97. The Morgan fingerprint density at radius 1 is 1.26 bits per heavy atom. The van der Waals surface area contributed by atoms with Gasteiger partial charge >= 0.3 is 5.97 Å². The number of nitrogen functional groups attached to an aromatic ring is 1. The van der Waals surface area contributed by atoms with Crippen LogP contribution >= 0.6 is 0 Å². The number of fused-ring (bicyclic) bond motifs is 1. The molecule has 0 radical (unpaired) electrons. The number of anilines is 1. The van der Waals surface area contributed by atoms with E-state index in [0.29, 0.717) is 17.8 Å². The second-order valence-corrected chi connectivity index (χ2v) is 6.62. The van der Waals surface area contributed by atoms with Crippen LogP contribution in [-0.2, 0) is 4.74 Å². The van der Waals surface area contributed by atoms with E-state index in [9.17, 15) is 19.6 Å². The molecule has 1 aliphatic heterocycles. The van der Waals surface area contributed by atoms with Gasteiger partial charge in [-0.2, -0.15) is 5.26 Å². The average molecular weight is 366 g/mol. The second-order valence-electron chi connectivity index (χ2n) is 6.62. The first-order valence-corrected chi connectivity index (χ1v) is 8.30. The van der Waals surface area contributed by atoms with Gasteiger partial charge in [-0.3, -0.25) is 14.5 Å². The van der Waals surface area contributed by atoms with Gasteiger partial charge in [-0.05, 0) is 24.1 Å². The fourth-order valence-electron chi connectivity index (χ4n) is 3.08. The minimum Gasteiger partial charge on any atom is -0.464 e. The van der Waals surface area contributed by atoms with Gasteiger partial charge in [0.05, 0.1) is 29.5 Å². The number of hydrogen-bond donors (Lipinski definition) is 1. The van der Waals surface area contributed by atoms with Crippen molar-refractivity contribution in [3.63, 3.8) is 0 Å². The monoisotopic (exact) mass is 366 g/mol. The number of carbonyl (C=O) groups is 3. The lowest BCUT2D eigenvalue weighted by Gasteiger charge is -2.15. The second kappa shape index (κ2) is 6.61. The fraction of sp³-hybridized carbons (Fsp3) is 0.263. The molecule has 8 nitrogen and oxygen atoms in total. The van der Waals surface area contributed by atoms with E-state index in [1.807, 2.05) is 19.9 Å². The number of nitrogens with zero attached hydrogens (tertiary/aromatic N) is 3. The lowest BCUT2D eigenvalue weighted by molar-refractivity contribution is 0.0590. The summed E-state index contributed by atoms with van der Waals surface area (Å²) in [7, 11) is 1.21. The van der Waals surface area contributed by atoms with Gasteiger partial charge < -0.3 is 15.0 Å². The van der Waals surface area contributed by atoms with E-state index in [4.69, 9.17) is 10.5 Å². The highest BCUT2D eigenvalue weighted by molar-refractivity contribution is 6.21. The third-order valence-corrected chi connectivity index (χ3v) is 4.32. The number of esters is 1. The maximum Gasteiger partial charge on any atom is 0.357 e. The number of carbonyl (C=O) groups excluding carboxylic acids is 3. The van der Waals surface area contributed by atoms with Gasteiger partial charge in [-0.1, -0.05) is 13.8 Å². The molecule has 0 aliphatic carbocycles. The van der Waals surface area contributed by atoms with E-state index in [1.165, 1.54) is 34.9 Å². The topological polar surface area (TPSA) is 118 Å². The number of amides is 2. The fourth-order valence-corrected chi connectivity index (χ4v) is 3.08. The first-order valence-electron chi connectivity index (χ1n) is 8.30. The molecule has 2 N–H and O–H groups in total. The van der Waals surface area contributed by atoms with Gasteiger partial charge in [0.15, 0.2) is 5.69 Å². The molecule has 27 heavy (non-hydrogen) atoms. The van der Waals surface area contributed by atoms with Crippen molar-refractivity contribution in [2.45, 2.75) is 13.8 Å². The molecule has 2 amide bonds. The molecule has 3 rings (SSSR count). The molecule has 1 aromatic heterocycles. The van der Waals surface area contributed by atoms with E-state index >= 15 is 0 Å². The number of ether oxygens (including phenoxy) is 1. The Labute approximate surface area is 155 Å². The molecular weight excluding hydrogens is 348 g/mol. The van der Waals surface area contributed by atoms with Gasteiger partial charge in [-0.15, -0.1) is 0 Å². The van der Waals surface area contributed by atoms with Crippen molar-refractivity contribution in [1.82, 2.24) is 9.47 Å². The molecule has 0 bridgehead atoms. The lowest BCUT2D eigenvalue weighted by atomic mass is 10.1. The molecule has 0 unspecified atom stereocenters. The minimum absolute atomic E-state index is 0.00585. The molecular formula is C19H18N4O4. The molecule has 0 saturated carbocycles. The summed E-state index contributed by atoms with van der Waals surface area (Å²) in [4.78, 5) is 38.5. The SMILES string of the molecule is COC(=O)c1c(N)c(C#N)cn1-c1ccc2c(c1)C(=O)N(CC(C)C)C2=O.